The van der Waals surface area contributed by atoms with Crippen LogP contribution >= 0.6 is 11.3 Å². The van der Waals surface area contributed by atoms with E-state index in [4.69, 9.17) is 0 Å². The molecule has 1 N–H and O–H groups in total. The van der Waals surface area contributed by atoms with Crippen LogP contribution in [-0.4, -0.2) is 23.1 Å². The van der Waals surface area contributed by atoms with Crippen LogP contribution in [0.1, 0.15) is 24.1 Å². The number of thiazole rings is 1. The molecule has 18 heavy (non-hydrogen) atoms. The summed E-state index contributed by atoms with van der Waals surface area (Å²) in [5, 5.41) is 3.19. The lowest BCUT2D eigenvalue weighted by atomic mass is 9.93. The average Bonchev–Trinajstić information content (AvgIpc) is 2.62. The topological polar surface area (TPSA) is 51.1 Å². The van der Waals surface area contributed by atoms with Crippen molar-refractivity contribution in [2.75, 3.05) is 6.54 Å². The summed E-state index contributed by atoms with van der Waals surface area (Å²) >= 11 is 1.12. The van der Waals surface area contributed by atoms with Gasteiger partial charge in [0.05, 0.1) is 16.8 Å². The number of nitrogens with zero attached hydrogens (tertiary/aromatic N) is 1. The Hall–Kier alpha value is -1.46. The molecule has 4 nitrogen and oxygen atoms in total. The van der Waals surface area contributed by atoms with Gasteiger partial charge in [-0.25, -0.2) is 4.57 Å². The number of rotatable bonds is 3. The Morgan fingerprint density at radius 2 is 2.17 bits per heavy atom. The molecule has 2 aromatic rings. The van der Waals surface area contributed by atoms with Crippen LogP contribution in [0.5, 0.6) is 0 Å². The number of hydrogen-bond donors (Lipinski definition) is 1. The lowest BCUT2D eigenvalue weighted by Gasteiger charge is -2.26. The van der Waals surface area contributed by atoms with E-state index in [0.717, 1.165) is 28.9 Å². The van der Waals surface area contributed by atoms with E-state index in [1.54, 1.807) is 0 Å². The lowest BCUT2D eigenvalue weighted by Crippen LogP contribution is -2.41. The van der Waals surface area contributed by atoms with Crippen LogP contribution in [0.3, 0.4) is 0 Å². The fourth-order valence-electron chi connectivity index (χ4n) is 2.13. The predicted octanol–water partition coefficient (Wildman–Crippen LogP) is 1.85. The monoisotopic (exact) mass is 262 g/mol. The molecule has 0 saturated heterocycles. The Balaban J connectivity index is 1.86. The van der Waals surface area contributed by atoms with E-state index >= 15 is 0 Å². The fourth-order valence-corrected chi connectivity index (χ4v) is 3.02. The second-order valence-electron chi connectivity index (χ2n) is 4.57. The quantitative estimate of drug-likeness (QED) is 0.918. The maximum Gasteiger partial charge on any atom is 0.315 e. The minimum atomic E-state index is -0.198. The van der Waals surface area contributed by atoms with Crippen molar-refractivity contribution in [3.05, 3.63) is 33.9 Å². The lowest BCUT2D eigenvalue weighted by molar-refractivity contribution is 0.0905. The molecule has 1 heterocycles. The van der Waals surface area contributed by atoms with Crippen LogP contribution in [0.25, 0.3) is 10.2 Å². The van der Waals surface area contributed by atoms with Gasteiger partial charge in [0.25, 0.3) is 0 Å². The summed E-state index contributed by atoms with van der Waals surface area (Å²) in [7, 11) is 0. The molecular weight excluding hydrogens is 248 g/mol. The highest BCUT2D eigenvalue weighted by atomic mass is 32.1. The molecule has 0 aliphatic heterocycles. The van der Waals surface area contributed by atoms with Crippen molar-refractivity contribution in [2.24, 2.45) is 0 Å². The average molecular weight is 262 g/mol. The van der Waals surface area contributed by atoms with E-state index < -0.39 is 0 Å². The van der Waals surface area contributed by atoms with Crippen molar-refractivity contribution in [1.29, 1.82) is 0 Å². The molecule has 94 valence electrons. The SMILES string of the molecule is O=C(CNC1CCC1)n1c(=O)sc2ccccc21. The summed E-state index contributed by atoms with van der Waals surface area (Å²) in [6.45, 7) is 0.241. The number of hydrogen-bond acceptors (Lipinski definition) is 4. The first kappa shape index (κ1) is 11.6. The normalized spacial score (nSPS) is 15.8. The van der Waals surface area contributed by atoms with Crippen LogP contribution in [0.4, 0.5) is 0 Å². The van der Waals surface area contributed by atoms with Crippen LogP contribution in [0.2, 0.25) is 0 Å². The van der Waals surface area contributed by atoms with Crippen molar-refractivity contribution in [3.8, 4) is 0 Å². The van der Waals surface area contributed by atoms with Gasteiger partial charge in [0, 0.05) is 6.04 Å². The molecule has 0 amide bonds. The number of carbonyl (C=O) groups excluding carboxylic acids is 1. The summed E-state index contributed by atoms with van der Waals surface area (Å²) < 4.78 is 2.14. The summed E-state index contributed by atoms with van der Waals surface area (Å²) in [4.78, 5) is 23.7. The van der Waals surface area contributed by atoms with E-state index in [9.17, 15) is 9.59 Å². The van der Waals surface area contributed by atoms with Crippen LogP contribution in [-0.2, 0) is 0 Å². The standard InChI is InChI=1S/C13H14N2O2S/c16-12(8-14-9-4-3-5-9)15-10-6-1-2-7-11(10)18-13(15)17/h1-2,6-7,9,14H,3-5,8H2. The van der Waals surface area contributed by atoms with Gasteiger partial charge in [-0.2, -0.15) is 0 Å². The zero-order valence-corrected chi connectivity index (χ0v) is 10.7. The molecule has 5 heteroatoms. The van der Waals surface area contributed by atoms with Gasteiger partial charge in [-0.1, -0.05) is 29.9 Å². The Morgan fingerprint density at radius 3 is 2.89 bits per heavy atom. The highest BCUT2D eigenvalue weighted by Crippen LogP contribution is 2.18. The van der Waals surface area contributed by atoms with Crippen LogP contribution in [0, 0.1) is 0 Å². The number of fused-ring (bicyclic) bond motifs is 1. The van der Waals surface area contributed by atoms with Gasteiger partial charge in [-0.05, 0) is 25.0 Å². The van der Waals surface area contributed by atoms with Crippen molar-refractivity contribution < 1.29 is 4.79 Å². The smallest absolute Gasteiger partial charge is 0.306 e. The van der Waals surface area contributed by atoms with E-state index in [1.165, 1.54) is 11.0 Å². The first-order chi connectivity index (χ1) is 8.75. The molecule has 1 aromatic carbocycles. The first-order valence-corrected chi connectivity index (χ1v) is 6.94. The second kappa shape index (κ2) is 4.66. The minimum Gasteiger partial charge on any atom is -0.306 e. The van der Waals surface area contributed by atoms with Gasteiger partial charge >= 0.3 is 4.87 Å². The predicted molar refractivity (Wildman–Crippen MR) is 72.4 cm³/mol. The summed E-state index contributed by atoms with van der Waals surface area (Å²) in [6, 6.07) is 7.85. The van der Waals surface area contributed by atoms with Crippen molar-refractivity contribution in [2.45, 2.75) is 25.3 Å². The molecule has 1 aliphatic rings. The molecule has 0 unspecified atom stereocenters. The maximum absolute atomic E-state index is 12.1. The second-order valence-corrected chi connectivity index (χ2v) is 5.57. The van der Waals surface area contributed by atoms with Crippen molar-refractivity contribution >= 4 is 27.5 Å². The van der Waals surface area contributed by atoms with Crippen LogP contribution < -0.4 is 10.2 Å². The molecular formula is C13H14N2O2S. The third-order valence-electron chi connectivity index (χ3n) is 3.38. The third-order valence-corrected chi connectivity index (χ3v) is 4.30. The zero-order valence-electron chi connectivity index (χ0n) is 9.89. The summed E-state index contributed by atoms with van der Waals surface area (Å²) in [5.41, 5.74) is 0.716. The van der Waals surface area contributed by atoms with Gasteiger partial charge in [0.15, 0.2) is 0 Å². The highest BCUT2D eigenvalue weighted by Gasteiger charge is 2.19. The molecule has 0 bridgehead atoms. The molecule has 1 saturated carbocycles. The number of carbonyl (C=O) groups is 1. The first-order valence-electron chi connectivity index (χ1n) is 6.13. The minimum absolute atomic E-state index is 0.163. The Kier molecular flexibility index (Phi) is 3.01. The Morgan fingerprint density at radius 1 is 1.39 bits per heavy atom. The Labute approximate surface area is 108 Å². The molecule has 0 spiro atoms. The highest BCUT2D eigenvalue weighted by molar-refractivity contribution is 7.16. The molecule has 1 aliphatic carbocycles. The number of aromatic nitrogens is 1. The van der Waals surface area contributed by atoms with E-state index in [2.05, 4.69) is 5.32 Å². The van der Waals surface area contributed by atoms with E-state index in [-0.39, 0.29) is 17.3 Å². The molecule has 1 aromatic heterocycles. The largest absolute Gasteiger partial charge is 0.315 e. The van der Waals surface area contributed by atoms with E-state index in [1.807, 2.05) is 24.3 Å². The van der Waals surface area contributed by atoms with E-state index in [0.29, 0.717) is 11.6 Å². The number of nitrogens with one attached hydrogen (secondary N) is 1. The maximum atomic E-state index is 12.1. The van der Waals surface area contributed by atoms with Gasteiger partial charge in [0.2, 0.25) is 5.91 Å². The fraction of sp³-hybridized carbons (Fsp3) is 0.385. The summed E-state index contributed by atoms with van der Waals surface area (Å²) in [5.74, 6) is -0.163. The van der Waals surface area contributed by atoms with Crippen molar-refractivity contribution in [1.82, 2.24) is 9.88 Å². The van der Waals surface area contributed by atoms with Gasteiger partial charge < -0.3 is 5.32 Å². The van der Waals surface area contributed by atoms with Crippen LogP contribution in [0.15, 0.2) is 29.1 Å². The molecule has 0 atom stereocenters. The van der Waals surface area contributed by atoms with Gasteiger partial charge in [-0.3, -0.25) is 9.59 Å². The van der Waals surface area contributed by atoms with Gasteiger partial charge in [0.1, 0.15) is 0 Å². The number of benzene rings is 1. The summed E-state index contributed by atoms with van der Waals surface area (Å²) in [6.07, 6.45) is 3.49. The molecule has 3 rings (SSSR count). The molecule has 1 fully saturated rings. The molecule has 0 radical (unpaired) electrons. The number of para-hydroxylation sites is 1. The van der Waals surface area contributed by atoms with Gasteiger partial charge in [-0.15, -0.1) is 0 Å². The Bertz CT molecular complexity index is 640. The zero-order chi connectivity index (χ0) is 12.5. The van der Waals surface area contributed by atoms with Crippen molar-refractivity contribution in [3.63, 3.8) is 0 Å². The third kappa shape index (κ3) is 2.00.